The van der Waals surface area contributed by atoms with Gasteiger partial charge in [0.25, 0.3) is 0 Å². The predicted octanol–water partition coefficient (Wildman–Crippen LogP) is 3.38. The van der Waals surface area contributed by atoms with Gasteiger partial charge in [0.05, 0.1) is 0 Å². The third-order valence-electron chi connectivity index (χ3n) is 3.82. The first-order valence-corrected chi connectivity index (χ1v) is 7.73. The van der Waals surface area contributed by atoms with Crippen LogP contribution in [0.25, 0.3) is 11.0 Å². The van der Waals surface area contributed by atoms with E-state index in [1.54, 1.807) is 19.1 Å². The molecular weight excluding hydrogens is 308 g/mol. The van der Waals surface area contributed by atoms with Crippen LogP contribution in [0.2, 0.25) is 0 Å². The Morgan fingerprint density at radius 3 is 2.79 bits per heavy atom. The summed E-state index contributed by atoms with van der Waals surface area (Å²) in [5, 5.41) is 0.846. The lowest BCUT2D eigenvalue weighted by Gasteiger charge is -2.09. The minimum absolute atomic E-state index is 0.191. The molecule has 0 fully saturated rings. The smallest absolute Gasteiger partial charge is 0.336 e. The summed E-state index contributed by atoms with van der Waals surface area (Å²) in [5.41, 5.74) is 1.84. The molecule has 24 heavy (non-hydrogen) atoms. The fourth-order valence-corrected chi connectivity index (χ4v) is 2.52. The van der Waals surface area contributed by atoms with E-state index in [-0.39, 0.29) is 17.7 Å². The molecule has 0 saturated heterocycles. The van der Waals surface area contributed by atoms with Gasteiger partial charge in [-0.2, -0.15) is 0 Å². The molecule has 124 valence electrons. The molecule has 0 unspecified atom stereocenters. The summed E-state index contributed by atoms with van der Waals surface area (Å²) >= 11 is 0. The minimum Gasteiger partial charge on any atom is -0.489 e. The lowest BCUT2D eigenvalue weighted by atomic mass is 10.1. The van der Waals surface area contributed by atoms with Gasteiger partial charge in [-0.1, -0.05) is 5.57 Å². The molecule has 2 heterocycles. The zero-order chi connectivity index (χ0) is 17.1. The maximum atomic E-state index is 11.3. The van der Waals surface area contributed by atoms with Crippen molar-refractivity contribution in [1.82, 2.24) is 0 Å². The Balaban J connectivity index is 1.59. The Hall–Kier alpha value is -2.82. The number of hydrogen-bond donors (Lipinski definition) is 0. The average Bonchev–Trinajstić information content (AvgIpc) is 2.84. The van der Waals surface area contributed by atoms with Crippen LogP contribution >= 0.6 is 0 Å². The first-order chi connectivity index (χ1) is 11.5. The van der Waals surface area contributed by atoms with Crippen LogP contribution in [0.4, 0.5) is 0 Å². The van der Waals surface area contributed by atoms with E-state index in [1.807, 2.05) is 31.2 Å². The molecule has 0 amide bonds. The number of ether oxygens (including phenoxy) is 2. The molecule has 0 bridgehead atoms. The van der Waals surface area contributed by atoms with Crippen LogP contribution in [0.5, 0.6) is 5.75 Å². The molecule has 1 atom stereocenters. The third kappa shape index (κ3) is 3.74. The highest BCUT2D eigenvalue weighted by atomic mass is 16.5. The van der Waals surface area contributed by atoms with E-state index >= 15 is 0 Å². The summed E-state index contributed by atoms with van der Waals surface area (Å²) in [4.78, 5) is 22.6. The van der Waals surface area contributed by atoms with Crippen LogP contribution in [0, 0.1) is 0 Å². The van der Waals surface area contributed by atoms with Gasteiger partial charge in [0, 0.05) is 29.5 Å². The van der Waals surface area contributed by atoms with Crippen molar-refractivity contribution in [2.75, 3.05) is 6.61 Å². The van der Waals surface area contributed by atoms with Crippen molar-refractivity contribution in [1.29, 1.82) is 0 Å². The van der Waals surface area contributed by atoms with Crippen LogP contribution in [-0.4, -0.2) is 18.7 Å². The number of carbonyl (C=O) groups is 1. The minimum atomic E-state index is -0.384. The maximum Gasteiger partial charge on any atom is 0.336 e. The molecule has 0 N–H and O–H groups in total. The van der Waals surface area contributed by atoms with E-state index in [9.17, 15) is 9.59 Å². The number of rotatable bonds is 5. The summed E-state index contributed by atoms with van der Waals surface area (Å²) in [6, 6.07) is 8.48. The maximum absolute atomic E-state index is 11.3. The van der Waals surface area contributed by atoms with Crippen molar-refractivity contribution in [2.24, 2.45) is 0 Å². The molecule has 0 radical (unpaired) electrons. The van der Waals surface area contributed by atoms with Crippen molar-refractivity contribution >= 4 is 16.9 Å². The van der Waals surface area contributed by atoms with Crippen LogP contribution in [0.15, 0.2) is 62.8 Å². The van der Waals surface area contributed by atoms with Crippen LogP contribution in [0.1, 0.15) is 20.3 Å². The number of fused-ring (bicyclic) bond motifs is 1. The van der Waals surface area contributed by atoms with Gasteiger partial charge >= 0.3 is 11.6 Å². The number of cyclic esters (lactones) is 1. The molecule has 0 aliphatic carbocycles. The SMILES string of the molecule is CC(=CCOc1ccc2ccc(=O)oc2c1)C[C@@H]1C=C(C)C(=O)O1. The Morgan fingerprint density at radius 2 is 2.04 bits per heavy atom. The number of carbonyl (C=O) groups excluding carboxylic acids is 1. The van der Waals surface area contributed by atoms with E-state index in [0.29, 0.717) is 29.9 Å². The molecule has 0 saturated carbocycles. The Morgan fingerprint density at radius 1 is 1.25 bits per heavy atom. The van der Waals surface area contributed by atoms with Crippen molar-refractivity contribution in [3.63, 3.8) is 0 Å². The van der Waals surface area contributed by atoms with Crippen molar-refractivity contribution in [3.05, 3.63) is 64.1 Å². The summed E-state index contributed by atoms with van der Waals surface area (Å²) in [6.45, 7) is 4.11. The number of esters is 1. The van der Waals surface area contributed by atoms with Gasteiger partial charge in [-0.3, -0.25) is 0 Å². The van der Waals surface area contributed by atoms with Crippen molar-refractivity contribution in [3.8, 4) is 5.75 Å². The second kappa shape index (κ2) is 6.74. The molecule has 0 spiro atoms. The highest BCUT2D eigenvalue weighted by Crippen LogP contribution is 2.21. The number of benzene rings is 1. The monoisotopic (exact) mass is 326 g/mol. The summed E-state index contributed by atoms with van der Waals surface area (Å²) in [7, 11) is 0. The summed E-state index contributed by atoms with van der Waals surface area (Å²) < 4.78 is 16.0. The van der Waals surface area contributed by atoms with E-state index in [0.717, 1.165) is 11.0 Å². The zero-order valence-electron chi connectivity index (χ0n) is 13.6. The third-order valence-corrected chi connectivity index (χ3v) is 3.82. The number of hydrogen-bond acceptors (Lipinski definition) is 5. The molecule has 5 heteroatoms. The van der Waals surface area contributed by atoms with Crippen molar-refractivity contribution in [2.45, 2.75) is 26.4 Å². The second-order valence-electron chi connectivity index (χ2n) is 5.81. The molecule has 1 aliphatic rings. The zero-order valence-corrected chi connectivity index (χ0v) is 13.6. The van der Waals surface area contributed by atoms with Gasteiger partial charge in [0.2, 0.25) is 0 Å². The molecular formula is C19H18O5. The van der Waals surface area contributed by atoms with Gasteiger partial charge < -0.3 is 13.9 Å². The van der Waals surface area contributed by atoms with Gasteiger partial charge in [0.1, 0.15) is 24.0 Å². The Labute approximate surface area is 139 Å². The fraction of sp³-hybridized carbons (Fsp3) is 0.263. The lowest BCUT2D eigenvalue weighted by molar-refractivity contribution is -0.139. The van der Waals surface area contributed by atoms with Crippen LogP contribution < -0.4 is 10.4 Å². The predicted molar refractivity (Wildman–Crippen MR) is 90.0 cm³/mol. The topological polar surface area (TPSA) is 65.7 Å². The average molecular weight is 326 g/mol. The molecule has 2 aromatic rings. The Kier molecular flexibility index (Phi) is 4.51. The van der Waals surface area contributed by atoms with Crippen LogP contribution in [0.3, 0.4) is 0 Å². The largest absolute Gasteiger partial charge is 0.489 e. The van der Waals surface area contributed by atoms with Gasteiger partial charge in [-0.15, -0.1) is 0 Å². The summed E-state index contributed by atoms with van der Waals surface area (Å²) in [5.74, 6) is 0.380. The molecule has 3 rings (SSSR count). The van der Waals surface area contributed by atoms with Gasteiger partial charge in [-0.25, -0.2) is 9.59 Å². The molecule has 1 aromatic heterocycles. The highest BCUT2D eigenvalue weighted by Gasteiger charge is 2.21. The van der Waals surface area contributed by atoms with Crippen molar-refractivity contribution < 1.29 is 18.7 Å². The van der Waals surface area contributed by atoms with Gasteiger partial charge in [-0.05, 0) is 44.2 Å². The first kappa shape index (κ1) is 16.1. The van der Waals surface area contributed by atoms with E-state index < -0.39 is 0 Å². The normalized spacial score (nSPS) is 17.8. The second-order valence-corrected chi connectivity index (χ2v) is 5.81. The van der Waals surface area contributed by atoms with Gasteiger partial charge in [0.15, 0.2) is 0 Å². The highest BCUT2D eigenvalue weighted by molar-refractivity contribution is 5.90. The quantitative estimate of drug-likeness (QED) is 0.479. The standard InChI is InChI=1S/C19H18O5/c1-12(9-16-10-13(2)19(21)23-16)7-8-22-15-5-3-14-4-6-18(20)24-17(14)11-15/h3-7,10-11,16H,8-9H2,1-2H3/t16-/m1/s1. The van der Waals surface area contributed by atoms with Crippen LogP contribution in [-0.2, 0) is 9.53 Å². The lowest BCUT2D eigenvalue weighted by Crippen LogP contribution is -2.08. The summed E-state index contributed by atoms with van der Waals surface area (Å²) in [6.07, 6.45) is 4.25. The van der Waals surface area contributed by atoms with E-state index in [2.05, 4.69) is 0 Å². The Bertz CT molecular complexity index is 888. The molecule has 5 nitrogen and oxygen atoms in total. The molecule has 1 aliphatic heterocycles. The van der Waals surface area contributed by atoms with E-state index in [1.165, 1.54) is 6.07 Å². The fourth-order valence-electron chi connectivity index (χ4n) is 2.52. The first-order valence-electron chi connectivity index (χ1n) is 7.73. The molecule has 1 aromatic carbocycles. The van der Waals surface area contributed by atoms with E-state index in [4.69, 9.17) is 13.9 Å².